The van der Waals surface area contributed by atoms with Gasteiger partial charge in [0.2, 0.25) is 5.91 Å². The number of amides is 1. The van der Waals surface area contributed by atoms with E-state index in [0.29, 0.717) is 5.91 Å². The minimum atomic E-state index is -0.124. The van der Waals surface area contributed by atoms with Gasteiger partial charge >= 0.3 is 0 Å². The molecule has 0 N–H and O–H groups in total. The van der Waals surface area contributed by atoms with E-state index in [1.165, 1.54) is 5.56 Å². The van der Waals surface area contributed by atoms with E-state index in [4.69, 9.17) is 0 Å². The third kappa shape index (κ3) is 4.24. The topological polar surface area (TPSA) is 41.4 Å². The standard InChI is InChI=1S/C22H30N4O/c27-21-22(10-4-14-25(21)17-9-20-7-2-1-3-8-20)11-18-24(19-22)13-6-16-26-15-5-12-23-26/h1-3,5,7-8,12,15H,4,6,9-11,13-14,16-19H2/t22-/m1/s1. The van der Waals surface area contributed by atoms with Crippen molar-refractivity contribution in [1.82, 2.24) is 19.6 Å². The first-order valence-corrected chi connectivity index (χ1v) is 10.3. The van der Waals surface area contributed by atoms with Gasteiger partial charge in [-0.3, -0.25) is 9.48 Å². The molecule has 1 amide bonds. The molecular formula is C22H30N4O. The average molecular weight is 367 g/mol. The van der Waals surface area contributed by atoms with Crippen LogP contribution in [-0.4, -0.2) is 58.2 Å². The second kappa shape index (κ2) is 8.26. The lowest BCUT2D eigenvalue weighted by molar-refractivity contribution is -0.145. The van der Waals surface area contributed by atoms with Crippen molar-refractivity contribution >= 4 is 5.91 Å². The molecule has 144 valence electrons. The second-order valence-corrected chi connectivity index (χ2v) is 8.06. The predicted octanol–water partition coefficient (Wildman–Crippen LogP) is 2.83. The Hall–Kier alpha value is -2.14. The van der Waals surface area contributed by atoms with Crippen molar-refractivity contribution in [1.29, 1.82) is 0 Å². The van der Waals surface area contributed by atoms with Crippen LogP contribution < -0.4 is 0 Å². The van der Waals surface area contributed by atoms with Gasteiger partial charge < -0.3 is 9.80 Å². The molecule has 5 nitrogen and oxygen atoms in total. The number of rotatable bonds is 7. The van der Waals surface area contributed by atoms with Gasteiger partial charge in [-0.2, -0.15) is 5.10 Å². The fourth-order valence-electron chi connectivity index (χ4n) is 4.69. The van der Waals surface area contributed by atoms with Crippen LogP contribution in [0.3, 0.4) is 0 Å². The molecule has 0 bridgehead atoms. The molecular weight excluding hydrogens is 336 g/mol. The molecule has 2 aromatic rings. The Bertz CT molecular complexity index is 730. The van der Waals surface area contributed by atoms with Crippen LogP contribution in [0.1, 0.15) is 31.2 Å². The summed E-state index contributed by atoms with van der Waals surface area (Å²) < 4.78 is 1.99. The molecule has 27 heavy (non-hydrogen) atoms. The minimum absolute atomic E-state index is 0.124. The first-order valence-electron chi connectivity index (χ1n) is 10.3. The average Bonchev–Trinajstić information content (AvgIpc) is 3.35. The summed E-state index contributed by atoms with van der Waals surface area (Å²) in [4.78, 5) is 17.9. The lowest BCUT2D eigenvalue weighted by atomic mass is 9.78. The van der Waals surface area contributed by atoms with Gasteiger partial charge in [-0.15, -0.1) is 0 Å². The molecule has 0 radical (unpaired) electrons. The molecule has 2 fully saturated rings. The van der Waals surface area contributed by atoms with Gasteiger partial charge in [0.25, 0.3) is 0 Å². The van der Waals surface area contributed by atoms with Crippen LogP contribution in [0.15, 0.2) is 48.8 Å². The van der Waals surface area contributed by atoms with Gasteiger partial charge in [0, 0.05) is 38.6 Å². The summed E-state index contributed by atoms with van der Waals surface area (Å²) in [6.45, 7) is 5.77. The van der Waals surface area contributed by atoms with Gasteiger partial charge in [-0.25, -0.2) is 0 Å². The molecule has 0 aliphatic carbocycles. The number of benzene rings is 1. The Labute approximate surface area is 162 Å². The molecule has 2 aliphatic rings. The molecule has 0 saturated carbocycles. The van der Waals surface area contributed by atoms with Crippen LogP contribution in [0.25, 0.3) is 0 Å². The number of likely N-dealkylation sites (tertiary alicyclic amines) is 2. The molecule has 3 heterocycles. The maximum absolute atomic E-state index is 13.3. The smallest absolute Gasteiger partial charge is 0.230 e. The Morgan fingerprint density at radius 2 is 1.89 bits per heavy atom. The predicted molar refractivity (Wildman–Crippen MR) is 106 cm³/mol. The maximum Gasteiger partial charge on any atom is 0.230 e. The van der Waals surface area contributed by atoms with Crippen molar-refractivity contribution in [3.63, 3.8) is 0 Å². The molecule has 1 aromatic carbocycles. The van der Waals surface area contributed by atoms with Crippen LogP contribution in [0.4, 0.5) is 0 Å². The SMILES string of the molecule is O=C1N(CCc2ccccc2)CCC[C@]12CCN(CCCn1cccn1)C2. The highest BCUT2D eigenvalue weighted by Gasteiger charge is 2.47. The van der Waals surface area contributed by atoms with E-state index in [2.05, 4.69) is 39.2 Å². The summed E-state index contributed by atoms with van der Waals surface area (Å²) in [6.07, 6.45) is 9.11. The van der Waals surface area contributed by atoms with Crippen molar-refractivity contribution in [2.45, 2.75) is 38.6 Å². The summed E-state index contributed by atoms with van der Waals surface area (Å²) in [7, 11) is 0. The van der Waals surface area contributed by atoms with Crippen LogP contribution in [0, 0.1) is 5.41 Å². The molecule has 2 aliphatic heterocycles. The summed E-state index contributed by atoms with van der Waals surface area (Å²) in [5, 5.41) is 4.27. The van der Waals surface area contributed by atoms with Crippen molar-refractivity contribution in [2.75, 3.05) is 32.7 Å². The van der Waals surface area contributed by atoms with Gasteiger partial charge in [0.1, 0.15) is 0 Å². The number of carbonyl (C=O) groups excluding carboxylic acids is 1. The van der Waals surface area contributed by atoms with E-state index in [1.807, 2.05) is 29.2 Å². The number of piperidine rings is 1. The van der Waals surface area contributed by atoms with E-state index in [-0.39, 0.29) is 5.41 Å². The van der Waals surface area contributed by atoms with Crippen molar-refractivity contribution < 1.29 is 4.79 Å². The van der Waals surface area contributed by atoms with Crippen molar-refractivity contribution in [3.8, 4) is 0 Å². The molecule has 5 heteroatoms. The van der Waals surface area contributed by atoms with Crippen LogP contribution in [0.5, 0.6) is 0 Å². The number of nitrogens with zero attached hydrogens (tertiary/aromatic N) is 4. The summed E-state index contributed by atoms with van der Waals surface area (Å²) in [5.74, 6) is 0.402. The molecule has 4 rings (SSSR count). The second-order valence-electron chi connectivity index (χ2n) is 8.06. The third-order valence-electron chi connectivity index (χ3n) is 6.19. The Morgan fingerprint density at radius 3 is 2.70 bits per heavy atom. The third-order valence-corrected chi connectivity index (χ3v) is 6.19. The number of hydrogen-bond acceptors (Lipinski definition) is 3. The zero-order chi connectivity index (χ0) is 18.5. The van der Waals surface area contributed by atoms with Gasteiger partial charge in [0.15, 0.2) is 0 Å². The Balaban J connectivity index is 1.29. The van der Waals surface area contributed by atoms with E-state index < -0.39 is 0 Å². The van der Waals surface area contributed by atoms with Crippen molar-refractivity contribution in [3.05, 3.63) is 54.4 Å². The highest BCUT2D eigenvalue weighted by Crippen LogP contribution is 2.40. The fraction of sp³-hybridized carbons (Fsp3) is 0.545. The van der Waals surface area contributed by atoms with Crippen molar-refractivity contribution in [2.24, 2.45) is 5.41 Å². The van der Waals surface area contributed by atoms with E-state index in [9.17, 15) is 4.79 Å². The highest BCUT2D eigenvalue weighted by atomic mass is 16.2. The van der Waals surface area contributed by atoms with E-state index >= 15 is 0 Å². The highest BCUT2D eigenvalue weighted by molar-refractivity contribution is 5.84. The number of aromatic nitrogens is 2. The lowest BCUT2D eigenvalue weighted by Gasteiger charge is -2.39. The van der Waals surface area contributed by atoms with E-state index in [1.54, 1.807) is 0 Å². The maximum atomic E-state index is 13.3. The number of hydrogen-bond donors (Lipinski definition) is 0. The van der Waals surface area contributed by atoms with Crippen LogP contribution >= 0.6 is 0 Å². The first-order chi connectivity index (χ1) is 13.3. The van der Waals surface area contributed by atoms with E-state index in [0.717, 1.165) is 71.4 Å². The lowest BCUT2D eigenvalue weighted by Crippen LogP contribution is -2.50. The molecule has 0 unspecified atom stereocenters. The van der Waals surface area contributed by atoms with Crippen LogP contribution in [-0.2, 0) is 17.8 Å². The number of carbonyl (C=O) groups is 1. The summed E-state index contributed by atoms with van der Waals surface area (Å²) in [6, 6.07) is 12.5. The summed E-state index contributed by atoms with van der Waals surface area (Å²) in [5.41, 5.74) is 1.19. The quantitative estimate of drug-likeness (QED) is 0.757. The molecule has 2 saturated heterocycles. The van der Waals surface area contributed by atoms with Gasteiger partial charge in [0.05, 0.1) is 5.41 Å². The Morgan fingerprint density at radius 1 is 1.00 bits per heavy atom. The van der Waals surface area contributed by atoms with Gasteiger partial charge in [-0.1, -0.05) is 30.3 Å². The minimum Gasteiger partial charge on any atom is -0.342 e. The fourth-order valence-corrected chi connectivity index (χ4v) is 4.69. The van der Waals surface area contributed by atoms with Crippen LogP contribution in [0.2, 0.25) is 0 Å². The monoisotopic (exact) mass is 366 g/mol. The zero-order valence-electron chi connectivity index (χ0n) is 16.1. The zero-order valence-corrected chi connectivity index (χ0v) is 16.1. The molecule has 1 atom stereocenters. The summed E-state index contributed by atoms with van der Waals surface area (Å²) >= 11 is 0. The number of aryl methyl sites for hydroxylation is 1. The largest absolute Gasteiger partial charge is 0.342 e. The normalized spacial score (nSPS) is 23.4. The van der Waals surface area contributed by atoms with Gasteiger partial charge in [-0.05, 0) is 56.8 Å². The first kappa shape index (κ1) is 18.2. The molecule has 1 aromatic heterocycles. The molecule has 1 spiro atoms. The Kier molecular flexibility index (Phi) is 5.58.